The fourth-order valence-electron chi connectivity index (χ4n) is 2.88. The van der Waals surface area contributed by atoms with Crippen molar-refractivity contribution in [2.24, 2.45) is 0 Å². The SMILES string of the molecule is CCCC1=C(CCC)/C=C\C(CCC)=C(CCC)/C=C\1. The second kappa shape index (κ2) is 9.80. The van der Waals surface area contributed by atoms with Crippen molar-refractivity contribution in [1.29, 1.82) is 0 Å². The van der Waals surface area contributed by atoms with E-state index in [0.717, 1.165) is 0 Å². The van der Waals surface area contributed by atoms with Crippen molar-refractivity contribution in [3.05, 3.63) is 46.6 Å². The standard InChI is InChI=1S/C20H32/c1-5-9-17-13-14-19(11-7-3)20(12-8-4)16-15-18(17)10-6-2/h13-16H,5-12H2,1-4H3/b14-13-,16-15-,17-13?,18-15?,18-17-,19-14?,20-16?,20-19-. The molecule has 0 nitrogen and oxygen atoms in total. The van der Waals surface area contributed by atoms with E-state index in [-0.39, 0.29) is 0 Å². The summed E-state index contributed by atoms with van der Waals surface area (Å²) >= 11 is 0. The molecular weight excluding hydrogens is 240 g/mol. The van der Waals surface area contributed by atoms with Gasteiger partial charge in [0.1, 0.15) is 0 Å². The van der Waals surface area contributed by atoms with Crippen LogP contribution in [0.4, 0.5) is 0 Å². The van der Waals surface area contributed by atoms with E-state index in [2.05, 4.69) is 52.0 Å². The van der Waals surface area contributed by atoms with E-state index in [1.54, 1.807) is 22.3 Å². The summed E-state index contributed by atoms with van der Waals surface area (Å²) in [5.41, 5.74) is 6.20. The van der Waals surface area contributed by atoms with Gasteiger partial charge >= 0.3 is 0 Å². The normalized spacial score (nSPS) is 26.2. The van der Waals surface area contributed by atoms with Crippen molar-refractivity contribution < 1.29 is 0 Å². The molecule has 1 rings (SSSR count). The molecule has 0 heterocycles. The van der Waals surface area contributed by atoms with Gasteiger partial charge in [-0.05, 0) is 48.0 Å². The van der Waals surface area contributed by atoms with E-state index in [1.807, 2.05) is 0 Å². The Bertz CT molecular complexity index is 326. The predicted octanol–water partition coefficient (Wildman–Crippen LogP) is 6.91. The summed E-state index contributed by atoms with van der Waals surface area (Å²) in [6.45, 7) is 9.10. The van der Waals surface area contributed by atoms with Gasteiger partial charge in [-0.15, -0.1) is 0 Å². The first-order valence-corrected chi connectivity index (χ1v) is 8.56. The van der Waals surface area contributed by atoms with Gasteiger partial charge in [-0.25, -0.2) is 0 Å². The second-order valence-electron chi connectivity index (χ2n) is 5.77. The summed E-state index contributed by atoms with van der Waals surface area (Å²) in [5, 5.41) is 0. The van der Waals surface area contributed by atoms with Crippen LogP contribution in [-0.2, 0) is 0 Å². The average Bonchev–Trinajstić information content (AvgIpc) is 2.44. The molecular formula is C20H32. The van der Waals surface area contributed by atoms with Crippen LogP contribution in [0.15, 0.2) is 46.6 Å². The predicted molar refractivity (Wildman–Crippen MR) is 92.0 cm³/mol. The summed E-state index contributed by atoms with van der Waals surface area (Å²) < 4.78 is 0. The zero-order valence-electron chi connectivity index (χ0n) is 14.0. The van der Waals surface area contributed by atoms with Gasteiger partial charge in [0.2, 0.25) is 0 Å². The van der Waals surface area contributed by atoms with Gasteiger partial charge in [0.05, 0.1) is 0 Å². The van der Waals surface area contributed by atoms with E-state index in [9.17, 15) is 0 Å². The molecule has 0 fully saturated rings. The minimum Gasteiger partial charge on any atom is -0.0651 e. The molecule has 0 aromatic carbocycles. The lowest BCUT2D eigenvalue weighted by atomic mass is 9.91. The molecule has 0 saturated carbocycles. The topological polar surface area (TPSA) is 0 Å². The van der Waals surface area contributed by atoms with Crippen molar-refractivity contribution >= 4 is 0 Å². The highest BCUT2D eigenvalue weighted by molar-refractivity contribution is 5.44. The van der Waals surface area contributed by atoms with Crippen molar-refractivity contribution in [2.45, 2.75) is 79.1 Å². The maximum absolute atomic E-state index is 2.40. The van der Waals surface area contributed by atoms with Crippen LogP contribution >= 0.6 is 0 Å². The summed E-state index contributed by atoms with van der Waals surface area (Å²) in [6.07, 6.45) is 19.4. The first-order chi connectivity index (χ1) is 9.76. The van der Waals surface area contributed by atoms with Crippen molar-refractivity contribution in [1.82, 2.24) is 0 Å². The van der Waals surface area contributed by atoms with Crippen LogP contribution in [0.5, 0.6) is 0 Å². The van der Waals surface area contributed by atoms with Gasteiger partial charge in [-0.1, -0.05) is 77.7 Å². The molecule has 0 aromatic rings. The Hall–Kier alpha value is -1.04. The molecule has 0 amide bonds. The Balaban J connectivity index is 3.10. The lowest BCUT2D eigenvalue weighted by molar-refractivity contribution is 0.853. The van der Waals surface area contributed by atoms with Gasteiger partial charge < -0.3 is 0 Å². The minimum atomic E-state index is 1.21. The van der Waals surface area contributed by atoms with Crippen LogP contribution in [0.1, 0.15) is 79.1 Å². The molecule has 0 unspecified atom stereocenters. The molecule has 0 spiro atoms. The fourth-order valence-corrected chi connectivity index (χ4v) is 2.88. The fraction of sp³-hybridized carbons (Fsp3) is 0.600. The highest BCUT2D eigenvalue weighted by atomic mass is 14.1. The first kappa shape index (κ1) is 17.0. The molecule has 0 N–H and O–H groups in total. The molecule has 20 heavy (non-hydrogen) atoms. The van der Waals surface area contributed by atoms with Crippen LogP contribution in [0.3, 0.4) is 0 Å². The van der Waals surface area contributed by atoms with Gasteiger partial charge in [-0.3, -0.25) is 0 Å². The molecule has 1 aliphatic rings. The summed E-state index contributed by atoms with van der Waals surface area (Å²) in [7, 11) is 0. The first-order valence-electron chi connectivity index (χ1n) is 8.56. The number of allylic oxidation sites excluding steroid dienone is 8. The molecule has 1 aliphatic carbocycles. The zero-order valence-corrected chi connectivity index (χ0v) is 14.0. The van der Waals surface area contributed by atoms with Gasteiger partial charge in [0, 0.05) is 0 Å². The molecule has 0 atom stereocenters. The molecule has 112 valence electrons. The Morgan fingerprint density at radius 3 is 0.800 bits per heavy atom. The van der Waals surface area contributed by atoms with Crippen LogP contribution in [0.25, 0.3) is 0 Å². The average molecular weight is 272 g/mol. The zero-order chi connectivity index (χ0) is 14.8. The highest BCUT2D eigenvalue weighted by Gasteiger charge is 2.07. The van der Waals surface area contributed by atoms with E-state index < -0.39 is 0 Å². The van der Waals surface area contributed by atoms with Gasteiger partial charge in [0.25, 0.3) is 0 Å². The van der Waals surface area contributed by atoms with Crippen LogP contribution in [0, 0.1) is 0 Å². The summed E-state index contributed by atoms with van der Waals surface area (Å²) in [4.78, 5) is 0. The van der Waals surface area contributed by atoms with E-state index in [4.69, 9.17) is 0 Å². The Kier molecular flexibility index (Phi) is 8.34. The number of hydrogen-bond donors (Lipinski definition) is 0. The smallest absolute Gasteiger partial charge is 0.0279 e. The van der Waals surface area contributed by atoms with E-state index >= 15 is 0 Å². The van der Waals surface area contributed by atoms with E-state index in [0.29, 0.717) is 0 Å². The summed E-state index contributed by atoms with van der Waals surface area (Å²) in [5.74, 6) is 0. The molecule has 0 aliphatic heterocycles. The molecule has 0 bridgehead atoms. The van der Waals surface area contributed by atoms with Crippen molar-refractivity contribution in [3.63, 3.8) is 0 Å². The third-order valence-corrected chi connectivity index (χ3v) is 3.87. The van der Waals surface area contributed by atoms with Crippen LogP contribution in [-0.4, -0.2) is 0 Å². The lowest BCUT2D eigenvalue weighted by Crippen LogP contribution is -1.95. The highest BCUT2D eigenvalue weighted by Crippen LogP contribution is 2.26. The maximum atomic E-state index is 2.40. The molecule has 0 saturated heterocycles. The van der Waals surface area contributed by atoms with Crippen molar-refractivity contribution in [2.75, 3.05) is 0 Å². The maximum Gasteiger partial charge on any atom is -0.0279 e. The Morgan fingerprint density at radius 2 is 0.650 bits per heavy atom. The number of rotatable bonds is 8. The van der Waals surface area contributed by atoms with Crippen LogP contribution in [0.2, 0.25) is 0 Å². The Morgan fingerprint density at radius 1 is 0.450 bits per heavy atom. The van der Waals surface area contributed by atoms with Crippen molar-refractivity contribution in [3.8, 4) is 0 Å². The molecule has 0 aromatic heterocycles. The third kappa shape index (κ3) is 5.15. The monoisotopic (exact) mass is 272 g/mol. The van der Waals surface area contributed by atoms with E-state index in [1.165, 1.54) is 51.4 Å². The number of hydrogen-bond acceptors (Lipinski definition) is 0. The quantitative estimate of drug-likeness (QED) is 0.450. The van der Waals surface area contributed by atoms with Gasteiger partial charge in [-0.2, -0.15) is 0 Å². The Labute approximate surface area is 126 Å². The lowest BCUT2D eigenvalue weighted by Gasteiger charge is -2.14. The second-order valence-corrected chi connectivity index (χ2v) is 5.77. The van der Waals surface area contributed by atoms with Gasteiger partial charge in [0.15, 0.2) is 0 Å². The third-order valence-electron chi connectivity index (χ3n) is 3.87. The minimum absolute atomic E-state index is 1.21. The summed E-state index contributed by atoms with van der Waals surface area (Å²) in [6, 6.07) is 0. The molecule has 0 radical (unpaired) electrons. The van der Waals surface area contributed by atoms with Crippen LogP contribution < -0.4 is 0 Å². The molecule has 0 heteroatoms. The largest absolute Gasteiger partial charge is 0.0651 e.